The van der Waals surface area contributed by atoms with Crippen molar-refractivity contribution in [1.82, 2.24) is 9.97 Å². The van der Waals surface area contributed by atoms with Gasteiger partial charge in [-0.2, -0.15) is 0 Å². The first-order valence-corrected chi connectivity index (χ1v) is 4.90. The van der Waals surface area contributed by atoms with Crippen molar-refractivity contribution < 1.29 is 0 Å². The van der Waals surface area contributed by atoms with Gasteiger partial charge in [-0.1, -0.05) is 13.8 Å². The van der Waals surface area contributed by atoms with Crippen molar-refractivity contribution in [1.29, 1.82) is 0 Å². The molecule has 0 radical (unpaired) electrons. The molecule has 2 aromatic heterocycles. The van der Waals surface area contributed by atoms with E-state index in [0.29, 0.717) is 5.92 Å². The van der Waals surface area contributed by atoms with Crippen molar-refractivity contribution >= 4 is 11.0 Å². The van der Waals surface area contributed by atoms with Crippen LogP contribution in [0.4, 0.5) is 0 Å². The largest absolute Gasteiger partial charge is 0.236 e. The van der Waals surface area contributed by atoms with Crippen LogP contribution in [0.25, 0.3) is 11.0 Å². The fourth-order valence-corrected chi connectivity index (χ4v) is 1.44. The molecule has 0 aliphatic carbocycles. The van der Waals surface area contributed by atoms with Crippen molar-refractivity contribution in [2.45, 2.75) is 26.7 Å². The first-order valence-electron chi connectivity index (χ1n) is 4.90. The maximum Gasteiger partial charge on any atom is 0.159 e. The summed E-state index contributed by atoms with van der Waals surface area (Å²) in [6.07, 6.45) is 1.92. The fourth-order valence-electron chi connectivity index (χ4n) is 1.44. The van der Waals surface area contributed by atoms with Crippen LogP contribution in [-0.4, -0.2) is 9.97 Å². The number of nitrogens with zero attached hydrogens (tertiary/aromatic N) is 2. The van der Waals surface area contributed by atoms with Crippen LogP contribution in [0.1, 0.15) is 31.0 Å². The van der Waals surface area contributed by atoms with Crippen molar-refractivity contribution in [3.8, 4) is 0 Å². The van der Waals surface area contributed by atoms with Crippen molar-refractivity contribution in [2.75, 3.05) is 0 Å². The van der Waals surface area contributed by atoms with E-state index in [4.69, 9.17) is 0 Å². The predicted molar refractivity (Wildman–Crippen MR) is 58.4 cm³/mol. The van der Waals surface area contributed by atoms with Gasteiger partial charge in [0.25, 0.3) is 0 Å². The standard InChI is InChI=1S/C12H14N2/c1-8(2)11-6-10-5-4-9(3)14-12(10)13-7-11/h4-8H,1-3H3. The summed E-state index contributed by atoms with van der Waals surface area (Å²) in [4.78, 5) is 8.72. The normalized spacial score (nSPS) is 11.1. The molecule has 0 saturated carbocycles. The molecule has 2 rings (SSSR count). The Morgan fingerprint density at radius 3 is 2.71 bits per heavy atom. The lowest BCUT2D eigenvalue weighted by molar-refractivity contribution is 0.861. The Hall–Kier alpha value is -1.44. The molecule has 72 valence electrons. The number of rotatable bonds is 1. The SMILES string of the molecule is Cc1ccc2cc(C(C)C)cnc2n1. The molecule has 0 saturated heterocycles. The highest BCUT2D eigenvalue weighted by Gasteiger charge is 2.02. The van der Waals surface area contributed by atoms with E-state index in [1.54, 1.807) is 0 Å². The Morgan fingerprint density at radius 2 is 2.00 bits per heavy atom. The van der Waals surface area contributed by atoms with Gasteiger partial charge in [0.2, 0.25) is 0 Å². The molecule has 0 N–H and O–H groups in total. The molecule has 2 heteroatoms. The van der Waals surface area contributed by atoms with Crippen LogP contribution in [0.15, 0.2) is 24.4 Å². The summed E-state index contributed by atoms with van der Waals surface area (Å²) in [6, 6.07) is 6.27. The van der Waals surface area contributed by atoms with Crippen LogP contribution in [-0.2, 0) is 0 Å². The van der Waals surface area contributed by atoms with E-state index in [1.165, 1.54) is 5.56 Å². The van der Waals surface area contributed by atoms with E-state index in [2.05, 4.69) is 35.9 Å². The van der Waals surface area contributed by atoms with Crippen molar-refractivity contribution in [3.63, 3.8) is 0 Å². The lowest BCUT2D eigenvalue weighted by atomic mass is 10.0. The zero-order valence-electron chi connectivity index (χ0n) is 8.78. The second kappa shape index (κ2) is 3.37. The van der Waals surface area contributed by atoms with Crippen LogP contribution >= 0.6 is 0 Å². The lowest BCUT2D eigenvalue weighted by Crippen LogP contribution is -1.92. The van der Waals surface area contributed by atoms with Crippen LogP contribution in [0, 0.1) is 6.92 Å². The van der Waals surface area contributed by atoms with E-state index in [1.807, 2.05) is 19.2 Å². The monoisotopic (exact) mass is 186 g/mol. The van der Waals surface area contributed by atoms with E-state index in [0.717, 1.165) is 16.7 Å². The smallest absolute Gasteiger partial charge is 0.159 e. The van der Waals surface area contributed by atoms with Crippen LogP contribution in [0.5, 0.6) is 0 Å². The molecule has 0 bridgehead atoms. The number of pyridine rings is 2. The minimum atomic E-state index is 0.521. The summed E-state index contributed by atoms with van der Waals surface area (Å²) in [5.41, 5.74) is 3.12. The molecule has 0 aliphatic rings. The third-order valence-electron chi connectivity index (χ3n) is 2.37. The summed E-state index contributed by atoms with van der Waals surface area (Å²) < 4.78 is 0. The van der Waals surface area contributed by atoms with Gasteiger partial charge < -0.3 is 0 Å². The Balaban J connectivity index is 2.62. The Bertz CT molecular complexity index is 461. The van der Waals surface area contributed by atoms with E-state index < -0.39 is 0 Å². The van der Waals surface area contributed by atoms with Gasteiger partial charge in [-0.05, 0) is 36.6 Å². The molecule has 2 nitrogen and oxygen atoms in total. The first kappa shape index (κ1) is 9.13. The minimum absolute atomic E-state index is 0.521. The fraction of sp³-hybridized carbons (Fsp3) is 0.333. The summed E-state index contributed by atoms with van der Waals surface area (Å²) in [5.74, 6) is 0.521. The van der Waals surface area contributed by atoms with Gasteiger partial charge in [-0.25, -0.2) is 9.97 Å². The molecule has 0 atom stereocenters. The highest BCUT2D eigenvalue weighted by atomic mass is 14.8. The number of hydrogen-bond donors (Lipinski definition) is 0. The average molecular weight is 186 g/mol. The lowest BCUT2D eigenvalue weighted by Gasteiger charge is -2.05. The molecular formula is C12H14N2. The topological polar surface area (TPSA) is 25.8 Å². The summed E-state index contributed by atoms with van der Waals surface area (Å²) in [5, 5.41) is 1.13. The van der Waals surface area contributed by atoms with Gasteiger partial charge in [0.05, 0.1) is 0 Å². The van der Waals surface area contributed by atoms with Crippen molar-refractivity contribution in [3.05, 3.63) is 35.7 Å². The second-order valence-corrected chi connectivity index (χ2v) is 3.92. The summed E-state index contributed by atoms with van der Waals surface area (Å²) >= 11 is 0. The Labute approximate surface area is 84.0 Å². The average Bonchev–Trinajstić information content (AvgIpc) is 2.16. The van der Waals surface area contributed by atoms with E-state index >= 15 is 0 Å². The third-order valence-corrected chi connectivity index (χ3v) is 2.37. The van der Waals surface area contributed by atoms with Gasteiger partial charge in [0, 0.05) is 17.3 Å². The molecule has 0 unspecified atom stereocenters. The molecule has 0 aromatic carbocycles. The number of aromatic nitrogens is 2. The quantitative estimate of drug-likeness (QED) is 0.684. The molecule has 0 aliphatic heterocycles. The number of aryl methyl sites for hydroxylation is 1. The van der Waals surface area contributed by atoms with Crippen molar-refractivity contribution in [2.24, 2.45) is 0 Å². The number of hydrogen-bond acceptors (Lipinski definition) is 2. The molecule has 0 spiro atoms. The van der Waals surface area contributed by atoms with Crippen LogP contribution in [0.2, 0.25) is 0 Å². The predicted octanol–water partition coefficient (Wildman–Crippen LogP) is 3.06. The third kappa shape index (κ3) is 1.60. The molecule has 0 amide bonds. The van der Waals surface area contributed by atoms with Gasteiger partial charge in [0.1, 0.15) is 0 Å². The zero-order valence-corrected chi connectivity index (χ0v) is 8.78. The maximum atomic E-state index is 4.36. The molecule has 2 aromatic rings. The highest BCUT2D eigenvalue weighted by molar-refractivity contribution is 5.75. The molecule has 2 heterocycles. The van der Waals surface area contributed by atoms with E-state index in [9.17, 15) is 0 Å². The van der Waals surface area contributed by atoms with Gasteiger partial charge in [-0.3, -0.25) is 0 Å². The maximum absolute atomic E-state index is 4.36. The van der Waals surface area contributed by atoms with Gasteiger partial charge in [0.15, 0.2) is 5.65 Å². The van der Waals surface area contributed by atoms with Crippen LogP contribution < -0.4 is 0 Å². The van der Waals surface area contributed by atoms with E-state index in [-0.39, 0.29) is 0 Å². The van der Waals surface area contributed by atoms with Crippen LogP contribution in [0.3, 0.4) is 0 Å². The molecule has 14 heavy (non-hydrogen) atoms. The number of fused-ring (bicyclic) bond motifs is 1. The minimum Gasteiger partial charge on any atom is -0.236 e. The second-order valence-electron chi connectivity index (χ2n) is 3.92. The molecular weight excluding hydrogens is 172 g/mol. The summed E-state index contributed by atoms with van der Waals surface area (Å²) in [7, 11) is 0. The summed E-state index contributed by atoms with van der Waals surface area (Å²) in [6.45, 7) is 6.33. The zero-order chi connectivity index (χ0) is 10.1. The van der Waals surface area contributed by atoms with Gasteiger partial charge in [-0.15, -0.1) is 0 Å². The first-order chi connectivity index (χ1) is 6.66. The molecule has 0 fully saturated rings. The van der Waals surface area contributed by atoms with Gasteiger partial charge >= 0.3 is 0 Å². The Morgan fingerprint density at radius 1 is 1.21 bits per heavy atom. The Kier molecular flexibility index (Phi) is 2.20. The highest BCUT2D eigenvalue weighted by Crippen LogP contribution is 2.18.